The van der Waals surface area contributed by atoms with Gasteiger partial charge in [-0.05, 0) is 36.2 Å². The molecule has 1 N–H and O–H groups in total. The number of hydrogen-bond acceptors (Lipinski definition) is 3. The van der Waals surface area contributed by atoms with E-state index in [4.69, 9.17) is 4.55 Å². The van der Waals surface area contributed by atoms with Crippen molar-refractivity contribution in [3.8, 4) is 11.8 Å². The van der Waals surface area contributed by atoms with Gasteiger partial charge in [0.1, 0.15) is 0 Å². The second kappa shape index (κ2) is 10.1. The van der Waals surface area contributed by atoms with Crippen molar-refractivity contribution in [2.45, 2.75) is 19.8 Å². The van der Waals surface area contributed by atoms with E-state index in [1.165, 1.54) is 12.0 Å². The fourth-order valence-electron chi connectivity index (χ4n) is 1.33. The van der Waals surface area contributed by atoms with Crippen LogP contribution in [0, 0.1) is 11.8 Å². The van der Waals surface area contributed by atoms with E-state index in [-0.39, 0.29) is 0 Å². The van der Waals surface area contributed by atoms with Crippen molar-refractivity contribution in [3.63, 3.8) is 0 Å². The van der Waals surface area contributed by atoms with Crippen molar-refractivity contribution >= 4 is 29.9 Å². The van der Waals surface area contributed by atoms with Gasteiger partial charge in [-0.15, -0.1) is 11.8 Å². The van der Waals surface area contributed by atoms with Crippen LogP contribution in [0.15, 0.2) is 30.3 Å². The summed E-state index contributed by atoms with van der Waals surface area (Å²) in [7, 11) is 0. The molecule has 0 amide bonds. The molecule has 0 spiro atoms. The Hall–Kier alpha value is -0.820. The van der Waals surface area contributed by atoms with E-state index < -0.39 is 0 Å². The maximum Gasteiger partial charge on any atom is 0.0662 e. The van der Waals surface area contributed by atoms with Gasteiger partial charge in [-0.3, -0.25) is 0 Å². The first kappa shape index (κ1) is 15.2. The highest BCUT2D eigenvalue weighted by Crippen LogP contribution is 2.08. The zero-order valence-corrected chi connectivity index (χ0v) is 12.2. The van der Waals surface area contributed by atoms with Gasteiger partial charge in [0.2, 0.25) is 0 Å². The molecular weight excluding hydrogens is 260 g/mol. The van der Waals surface area contributed by atoms with Gasteiger partial charge < -0.3 is 4.55 Å². The highest BCUT2D eigenvalue weighted by atomic mass is 32.2. The summed E-state index contributed by atoms with van der Waals surface area (Å²) in [5, 5.41) is 0.676. The van der Waals surface area contributed by atoms with Crippen LogP contribution in [0.25, 0.3) is 6.08 Å². The van der Waals surface area contributed by atoms with Gasteiger partial charge in [0.05, 0.1) is 10.8 Å². The first-order valence-electron chi connectivity index (χ1n) is 5.96. The Morgan fingerprint density at radius 2 is 2.06 bits per heavy atom. The predicted octanol–water partition coefficient (Wildman–Crippen LogP) is 4.75. The number of unbranched alkanes of at least 4 members (excludes halogenated alkanes) is 1. The lowest BCUT2D eigenvalue weighted by atomic mass is 10.1. The van der Waals surface area contributed by atoms with Crippen molar-refractivity contribution in [2.75, 3.05) is 10.8 Å². The maximum atomic E-state index is 8.54. The summed E-state index contributed by atoms with van der Waals surface area (Å²) in [6, 6.07) is 8.27. The van der Waals surface area contributed by atoms with Crippen molar-refractivity contribution in [3.05, 3.63) is 41.5 Å². The molecular formula is C15H18OS2. The average Bonchev–Trinajstić information content (AvgIpc) is 2.40. The summed E-state index contributed by atoms with van der Waals surface area (Å²) in [5.41, 5.74) is 2.26. The molecule has 0 aliphatic heterocycles. The van der Waals surface area contributed by atoms with E-state index in [2.05, 4.69) is 43.0 Å². The molecule has 18 heavy (non-hydrogen) atoms. The molecule has 3 heteroatoms. The van der Waals surface area contributed by atoms with E-state index in [1.54, 1.807) is 11.8 Å². The molecule has 96 valence electrons. The Morgan fingerprint density at radius 1 is 1.28 bits per heavy atom. The van der Waals surface area contributed by atoms with Gasteiger partial charge in [-0.2, -0.15) is 0 Å². The largest absolute Gasteiger partial charge is 0.329 e. The molecule has 1 aromatic rings. The summed E-state index contributed by atoms with van der Waals surface area (Å²) in [6.07, 6.45) is 6.66. The minimum absolute atomic E-state index is 0.676. The molecule has 0 heterocycles. The van der Waals surface area contributed by atoms with Gasteiger partial charge in [0, 0.05) is 5.56 Å². The zero-order valence-electron chi connectivity index (χ0n) is 10.6. The summed E-state index contributed by atoms with van der Waals surface area (Å²) >= 11 is 2.46. The molecule has 0 bridgehead atoms. The number of rotatable bonds is 6. The smallest absolute Gasteiger partial charge is 0.0662 e. The normalized spacial score (nSPS) is 10.3. The SMILES string of the molecule is CCC/C=C/c1ccc(C#CCSCSO)cc1. The highest BCUT2D eigenvalue weighted by Gasteiger charge is 1.88. The Morgan fingerprint density at radius 3 is 2.72 bits per heavy atom. The summed E-state index contributed by atoms with van der Waals surface area (Å²) in [6.45, 7) is 2.18. The van der Waals surface area contributed by atoms with Crippen molar-refractivity contribution in [1.82, 2.24) is 0 Å². The molecule has 0 fully saturated rings. The van der Waals surface area contributed by atoms with Crippen LogP contribution >= 0.6 is 23.8 Å². The summed E-state index contributed by atoms with van der Waals surface area (Å²) in [5.74, 6) is 6.95. The number of allylic oxidation sites excluding steroid dienone is 1. The lowest BCUT2D eigenvalue weighted by Crippen LogP contribution is -1.78. The third kappa shape index (κ3) is 6.80. The summed E-state index contributed by atoms with van der Waals surface area (Å²) in [4.78, 5) is 0. The Kier molecular flexibility index (Phi) is 8.58. The van der Waals surface area contributed by atoms with Gasteiger partial charge >= 0.3 is 0 Å². The van der Waals surface area contributed by atoms with Crippen molar-refractivity contribution in [2.24, 2.45) is 0 Å². The average molecular weight is 278 g/mol. The van der Waals surface area contributed by atoms with Crippen molar-refractivity contribution < 1.29 is 4.55 Å². The summed E-state index contributed by atoms with van der Waals surface area (Å²) < 4.78 is 8.54. The van der Waals surface area contributed by atoms with Crippen LogP contribution in [-0.2, 0) is 0 Å². The molecule has 0 unspecified atom stereocenters. The van der Waals surface area contributed by atoms with Gasteiger partial charge in [0.25, 0.3) is 0 Å². The monoisotopic (exact) mass is 278 g/mol. The van der Waals surface area contributed by atoms with Gasteiger partial charge in [-0.25, -0.2) is 0 Å². The zero-order chi connectivity index (χ0) is 13.1. The van der Waals surface area contributed by atoms with Crippen LogP contribution in [0.4, 0.5) is 0 Å². The maximum absolute atomic E-state index is 8.54. The number of thioether (sulfide) groups is 1. The first-order valence-corrected chi connectivity index (χ1v) is 8.06. The standard InChI is InChI=1S/C15H18OS2/c1-2-3-4-6-14-8-10-15(11-9-14)7-5-12-17-13-18-16/h4,6,8-11,16H,2-3,12-13H2,1H3/b6-4+. The van der Waals surface area contributed by atoms with Crippen LogP contribution in [0.2, 0.25) is 0 Å². The second-order valence-corrected chi connectivity index (χ2v) is 5.61. The molecule has 1 rings (SSSR count). The van der Waals surface area contributed by atoms with E-state index >= 15 is 0 Å². The molecule has 0 saturated carbocycles. The third-order valence-corrected chi connectivity index (χ3v) is 3.66. The predicted molar refractivity (Wildman–Crippen MR) is 84.8 cm³/mol. The minimum atomic E-state index is 0.676. The molecule has 1 aromatic carbocycles. The quantitative estimate of drug-likeness (QED) is 0.351. The van der Waals surface area contributed by atoms with Crippen molar-refractivity contribution in [1.29, 1.82) is 0 Å². The van der Waals surface area contributed by atoms with E-state index in [0.717, 1.165) is 29.8 Å². The fraction of sp³-hybridized carbons (Fsp3) is 0.333. The van der Waals surface area contributed by atoms with Crippen LogP contribution in [0.1, 0.15) is 30.9 Å². The lowest BCUT2D eigenvalue weighted by Gasteiger charge is -1.94. The number of benzene rings is 1. The molecule has 0 saturated heterocycles. The highest BCUT2D eigenvalue weighted by molar-refractivity contribution is 8.13. The van der Waals surface area contributed by atoms with Crippen LogP contribution in [0.3, 0.4) is 0 Å². The molecule has 0 aliphatic carbocycles. The number of hydrogen-bond donors (Lipinski definition) is 1. The van der Waals surface area contributed by atoms with E-state index in [0.29, 0.717) is 5.08 Å². The first-order chi connectivity index (χ1) is 8.86. The van der Waals surface area contributed by atoms with E-state index in [1.807, 2.05) is 12.1 Å². The van der Waals surface area contributed by atoms with Crippen LogP contribution in [-0.4, -0.2) is 15.4 Å². The third-order valence-electron chi connectivity index (χ3n) is 2.22. The van der Waals surface area contributed by atoms with Gasteiger partial charge in [0.15, 0.2) is 0 Å². The fourth-order valence-corrected chi connectivity index (χ4v) is 2.14. The minimum Gasteiger partial charge on any atom is -0.329 e. The molecule has 0 atom stereocenters. The van der Waals surface area contributed by atoms with Gasteiger partial charge in [-0.1, -0.05) is 49.5 Å². The lowest BCUT2D eigenvalue weighted by molar-refractivity contribution is 0.668. The van der Waals surface area contributed by atoms with E-state index in [9.17, 15) is 0 Å². The second-order valence-electron chi connectivity index (χ2n) is 3.71. The Bertz CT molecular complexity index is 412. The molecule has 1 nitrogen and oxygen atoms in total. The Balaban J connectivity index is 2.44. The van der Waals surface area contributed by atoms with Crippen LogP contribution in [0.5, 0.6) is 0 Å². The topological polar surface area (TPSA) is 20.2 Å². The Labute approximate surface area is 118 Å². The van der Waals surface area contributed by atoms with Crippen LogP contribution < -0.4 is 0 Å². The molecule has 0 aliphatic rings. The molecule has 0 aromatic heterocycles. The molecule has 0 radical (unpaired) electrons.